The van der Waals surface area contributed by atoms with Crippen LogP contribution in [0.4, 0.5) is 0 Å². The monoisotopic (exact) mass is 342 g/mol. The maximum absolute atomic E-state index is 11.3. The molecule has 2 saturated heterocycles. The molecule has 8 heteroatoms. The Labute approximate surface area is 128 Å². The third-order valence-electron chi connectivity index (χ3n) is 4.35. The van der Waals surface area contributed by atoms with E-state index in [1.807, 2.05) is 6.92 Å². The maximum Gasteiger partial charge on any atom is 0.155 e. The number of hydrogen-bond acceptors (Lipinski definition) is 6. The SMILES string of the molecule is CC[C@@H]1[C@H](OC)CCS1(=O)=O.CO[C@H]1CCS(=O)(=O)[C@H]1C. The van der Waals surface area contributed by atoms with Gasteiger partial charge in [-0.3, -0.25) is 0 Å². The average Bonchev–Trinajstić information content (AvgIpc) is 2.87. The van der Waals surface area contributed by atoms with Gasteiger partial charge in [-0.1, -0.05) is 6.92 Å². The molecule has 0 spiro atoms. The minimum Gasteiger partial charge on any atom is -0.380 e. The summed E-state index contributed by atoms with van der Waals surface area (Å²) in [6.07, 6.45) is 1.84. The first-order valence-corrected chi connectivity index (χ1v) is 10.6. The zero-order chi connectivity index (χ0) is 16.3. The summed E-state index contributed by atoms with van der Waals surface area (Å²) in [5.41, 5.74) is 0. The van der Waals surface area contributed by atoms with E-state index in [9.17, 15) is 16.8 Å². The molecule has 4 atom stereocenters. The van der Waals surface area contributed by atoms with Crippen molar-refractivity contribution in [1.29, 1.82) is 0 Å². The van der Waals surface area contributed by atoms with Crippen molar-refractivity contribution in [2.75, 3.05) is 25.7 Å². The van der Waals surface area contributed by atoms with E-state index in [1.54, 1.807) is 21.1 Å². The molecule has 2 heterocycles. The van der Waals surface area contributed by atoms with Crippen LogP contribution in [0.1, 0.15) is 33.1 Å². The number of methoxy groups -OCH3 is 2. The van der Waals surface area contributed by atoms with Crippen molar-refractivity contribution in [2.45, 2.75) is 55.8 Å². The molecule has 0 N–H and O–H groups in total. The van der Waals surface area contributed by atoms with Gasteiger partial charge in [0.1, 0.15) is 0 Å². The van der Waals surface area contributed by atoms with Crippen molar-refractivity contribution < 1.29 is 26.3 Å². The smallest absolute Gasteiger partial charge is 0.155 e. The minimum atomic E-state index is -2.82. The summed E-state index contributed by atoms with van der Waals surface area (Å²) in [6, 6.07) is 0. The van der Waals surface area contributed by atoms with E-state index < -0.39 is 19.7 Å². The second kappa shape index (κ2) is 7.39. The summed E-state index contributed by atoms with van der Waals surface area (Å²) in [4.78, 5) is 0. The van der Waals surface area contributed by atoms with Gasteiger partial charge in [0.2, 0.25) is 0 Å². The first kappa shape index (κ1) is 18.9. The molecule has 0 unspecified atom stereocenters. The molecule has 0 aromatic heterocycles. The number of rotatable bonds is 3. The van der Waals surface area contributed by atoms with Crippen molar-refractivity contribution in [1.82, 2.24) is 0 Å². The van der Waals surface area contributed by atoms with Crippen molar-refractivity contribution in [3.63, 3.8) is 0 Å². The molecule has 21 heavy (non-hydrogen) atoms. The van der Waals surface area contributed by atoms with Crippen LogP contribution < -0.4 is 0 Å². The standard InChI is InChI=1S/C7H14O3S.C6H12O3S/c1-3-7-6(10-2)4-5-11(7,8)9;1-5-6(9-2)3-4-10(5,7)8/h6-7H,3-5H2,1-2H3;5-6H,3-4H2,1-2H3/t6-,7-;5-,6-/m10/s1. The predicted molar refractivity (Wildman–Crippen MR) is 81.9 cm³/mol. The van der Waals surface area contributed by atoms with Crippen LogP contribution in [0.5, 0.6) is 0 Å². The van der Waals surface area contributed by atoms with E-state index in [1.165, 1.54) is 0 Å². The van der Waals surface area contributed by atoms with Gasteiger partial charge in [0.05, 0.1) is 34.2 Å². The van der Waals surface area contributed by atoms with Crippen LogP contribution in [-0.4, -0.2) is 65.3 Å². The molecular formula is C13H26O6S2. The summed E-state index contributed by atoms with van der Waals surface area (Å²) >= 11 is 0. The van der Waals surface area contributed by atoms with Crippen molar-refractivity contribution in [3.8, 4) is 0 Å². The van der Waals surface area contributed by atoms with Gasteiger partial charge in [-0.15, -0.1) is 0 Å². The van der Waals surface area contributed by atoms with Gasteiger partial charge >= 0.3 is 0 Å². The Kier molecular flexibility index (Phi) is 6.64. The molecule has 0 aromatic carbocycles. The Bertz CT molecular complexity index is 525. The molecule has 6 nitrogen and oxygen atoms in total. The third-order valence-corrected chi connectivity index (χ3v) is 8.95. The van der Waals surface area contributed by atoms with Crippen LogP contribution in [-0.2, 0) is 29.1 Å². The molecule has 0 radical (unpaired) electrons. The Morgan fingerprint density at radius 2 is 1.38 bits per heavy atom. The van der Waals surface area contributed by atoms with Gasteiger partial charge < -0.3 is 9.47 Å². The van der Waals surface area contributed by atoms with E-state index in [2.05, 4.69) is 0 Å². The van der Waals surface area contributed by atoms with Crippen LogP contribution in [0.3, 0.4) is 0 Å². The first-order chi connectivity index (χ1) is 9.69. The molecule has 0 bridgehead atoms. The zero-order valence-corrected chi connectivity index (χ0v) is 14.7. The third kappa shape index (κ3) is 4.40. The normalized spacial score (nSPS) is 37.0. The van der Waals surface area contributed by atoms with E-state index in [0.29, 0.717) is 25.0 Å². The molecule has 0 amide bonds. The van der Waals surface area contributed by atoms with Gasteiger partial charge in [0.25, 0.3) is 0 Å². The molecule has 0 saturated carbocycles. The number of ether oxygens (including phenoxy) is 2. The summed E-state index contributed by atoms with van der Waals surface area (Å²) in [6.45, 7) is 3.59. The Morgan fingerprint density at radius 3 is 1.67 bits per heavy atom. The zero-order valence-electron chi connectivity index (χ0n) is 13.1. The maximum atomic E-state index is 11.3. The summed E-state index contributed by atoms with van der Waals surface area (Å²) in [5.74, 6) is 0.580. The van der Waals surface area contributed by atoms with Gasteiger partial charge in [-0.05, 0) is 26.2 Å². The van der Waals surface area contributed by atoms with Crippen LogP contribution in [0.2, 0.25) is 0 Å². The van der Waals surface area contributed by atoms with Crippen molar-refractivity contribution >= 4 is 19.7 Å². The topological polar surface area (TPSA) is 86.7 Å². The lowest BCUT2D eigenvalue weighted by molar-refractivity contribution is 0.102. The highest BCUT2D eigenvalue weighted by atomic mass is 32.2. The largest absolute Gasteiger partial charge is 0.380 e. The molecule has 2 rings (SSSR count). The van der Waals surface area contributed by atoms with Crippen LogP contribution in [0, 0.1) is 0 Å². The highest BCUT2D eigenvalue weighted by Gasteiger charge is 2.38. The van der Waals surface area contributed by atoms with Crippen molar-refractivity contribution in [3.05, 3.63) is 0 Å². The van der Waals surface area contributed by atoms with Crippen molar-refractivity contribution in [2.24, 2.45) is 0 Å². The van der Waals surface area contributed by atoms with Crippen LogP contribution in [0.15, 0.2) is 0 Å². The molecule has 126 valence electrons. The van der Waals surface area contributed by atoms with Gasteiger partial charge in [-0.2, -0.15) is 0 Å². The van der Waals surface area contributed by atoms with Gasteiger partial charge in [-0.25, -0.2) is 16.8 Å². The fourth-order valence-electron chi connectivity index (χ4n) is 2.88. The lowest BCUT2D eigenvalue weighted by Crippen LogP contribution is -2.26. The van der Waals surface area contributed by atoms with E-state index in [4.69, 9.17) is 9.47 Å². The fourth-order valence-corrected chi connectivity index (χ4v) is 6.60. The molecule has 2 aliphatic rings. The molecular weight excluding hydrogens is 316 g/mol. The van der Waals surface area contributed by atoms with Crippen LogP contribution in [0.25, 0.3) is 0 Å². The highest BCUT2D eigenvalue weighted by Crippen LogP contribution is 2.25. The lowest BCUT2D eigenvalue weighted by Gasteiger charge is -2.14. The molecule has 2 fully saturated rings. The minimum absolute atomic E-state index is 0.0648. The average molecular weight is 342 g/mol. The Balaban J connectivity index is 0.000000211. The summed E-state index contributed by atoms with van der Waals surface area (Å²) in [5, 5.41) is -0.565. The van der Waals surface area contributed by atoms with Gasteiger partial charge in [0.15, 0.2) is 19.7 Å². The van der Waals surface area contributed by atoms with E-state index in [-0.39, 0.29) is 28.5 Å². The quantitative estimate of drug-likeness (QED) is 0.754. The van der Waals surface area contributed by atoms with Crippen LogP contribution >= 0.6 is 0 Å². The molecule has 0 aliphatic carbocycles. The summed E-state index contributed by atoms with van der Waals surface area (Å²) < 4.78 is 54.7. The molecule has 0 aromatic rings. The van der Waals surface area contributed by atoms with E-state index in [0.717, 1.165) is 0 Å². The number of sulfone groups is 2. The lowest BCUT2D eigenvalue weighted by atomic mass is 10.2. The predicted octanol–water partition coefficient (Wildman–Crippen LogP) is 0.807. The fraction of sp³-hybridized carbons (Fsp3) is 1.00. The highest BCUT2D eigenvalue weighted by molar-refractivity contribution is 7.92. The second-order valence-corrected chi connectivity index (χ2v) is 10.3. The Hall–Kier alpha value is -0.180. The molecule has 2 aliphatic heterocycles. The second-order valence-electron chi connectivity index (χ2n) is 5.51. The first-order valence-electron chi connectivity index (χ1n) is 7.18. The van der Waals surface area contributed by atoms with Gasteiger partial charge in [0, 0.05) is 14.2 Å². The van der Waals surface area contributed by atoms with E-state index >= 15 is 0 Å². The number of hydrogen-bond donors (Lipinski definition) is 0. The summed E-state index contributed by atoms with van der Waals surface area (Å²) in [7, 11) is -2.50. The Morgan fingerprint density at radius 1 is 0.905 bits per heavy atom.